The zero-order chi connectivity index (χ0) is 14.5. The van der Waals surface area contributed by atoms with Crippen molar-refractivity contribution in [3.63, 3.8) is 0 Å². The Hall–Kier alpha value is -1.87. The number of hydrogen-bond donors (Lipinski definition) is 1. The van der Waals surface area contributed by atoms with Gasteiger partial charge in [-0.2, -0.15) is 0 Å². The third kappa shape index (κ3) is 3.17. The van der Waals surface area contributed by atoms with Gasteiger partial charge in [-0.05, 0) is 50.1 Å². The molecular formula is C17H23N3. The maximum atomic E-state index is 6.25. The highest BCUT2D eigenvalue weighted by Crippen LogP contribution is 2.29. The third-order valence-corrected chi connectivity index (χ3v) is 3.53. The van der Waals surface area contributed by atoms with Crippen LogP contribution in [0.3, 0.4) is 0 Å². The van der Waals surface area contributed by atoms with Crippen LogP contribution < -0.4 is 10.6 Å². The molecule has 106 valence electrons. The van der Waals surface area contributed by atoms with Crippen molar-refractivity contribution in [1.29, 1.82) is 0 Å². The molecule has 1 aromatic heterocycles. The topological polar surface area (TPSA) is 42.2 Å². The van der Waals surface area contributed by atoms with Crippen molar-refractivity contribution in [3.05, 3.63) is 59.9 Å². The summed E-state index contributed by atoms with van der Waals surface area (Å²) in [6.07, 6.45) is 3.71. The lowest BCUT2D eigenvalue weighted by Gasteiger charge is -2.35. The summed E-state index contributed by atoms with van der Waals surface area (Å²) >= 11 is 0. The second-order valence-electron chi connectivity index (χ2n) is 5.22. The van der Waals surface area contributed by atoms with Crippen LogP contribution in [0.4, 0.5) is 5.69 Å². The van der Waals surface area contributed by atoms with E-state index in [2.05, 4.69) is 61.0 Å². The first-order chi connectivity index (χ1) is 9.63. The average molecular weight is 269 g/mol. The van der Waals surface area contributed by atoms with Crippen LogP contribution in [0, 0.1) is 6.92 Å². The van der Waals surface area contributed by atoms with E-state index in [4.69, 9.17) is 5.73 Å². The highest BCUT2D eigenvalue weighted by molar-refractivity contribution is 5.51. The molecule has 20 heavy (non-hydrogen) atoms. The lowest BCUT2D eigenvalue weighted by molar-refractivity contribution is 0.536. The molecule has 2 N–H and O–H groups in total. The van der Waals surface area contributed by atoms with Crippen LogP contribution in [-0.4, -0.2) is 17.6 Å². The number of likely N-dealkylation sites (N-methyl/N-ethyl adjacent to an activating group) is 1. The molecule has 0 aliphatic heterocycles. The summed E-state index contributed by atoms with van der Waals surface area (Å²) in [5.41, 5.74) is 9.88. The van der Waals surface area contributed by atoms with Gasteiger partial charge in [-0.3, -0.25) is 4.98 Å². The van der Waals surface area contributed by atoms with Gasteiger partial charge >= 0.3 is 0 Å². The van der Waals surface area contributed by atoms with Crippen molar-refractivity contribution in [1.82, 2.24) is 4.98 Å². The van der Waals surface area contributed by atoms with Gasteiger partial charge in [-0.15, -0.1) is 0 Å². The molecule has 0 bridgehead atoms. The molecule has 2 aromatic rings. The Balaban J connectivity index is 2.41. The molecule has 0 aliphatic rings. The van der Waals surface area contributed by atoms with E-state index in [1.165, 1.54) is 11.3 Å². The van der Waals surface area contributed by atoms with Gasteiger partial charge in [-0.1, -0.05) is 18.2 Å². The fourth-order valence-electron chi connectivity index (χ4n) is 2.66. The standard InChI is InChI=1S/C17H23N3/c1-4-20(16-9-5-7-13(2)11-16)17(14(3)18)15-8-6-10-19-12-15/h5-12,14,17H,4,18H2,1-3H3. The first-order valence-electron chi connectivity index (χ1n) is 7.12. The highest BCUT2D eigenvalue weighted by Gasteiger charge is 2.23. The normalized spacial score (nSPS) is 13.8. The zero-order valence-corrected chi connectivity index (χ0v) is 12.5. The summed E-state index contributed by atoms with van der Waals surface area (Å²) in [5, 5.41) is 0. The maximum Gasteiger partial charge on any atom is 0.0705 e. The molecule has 2 rings (SSSR count). The Morgan fingerprint density at radius 3 is 2.60 bits per heavy atom. The average Bonchev–Trinajstić information content (AvgIpc) is 2.45. The van der Waals surface area contributed by atoms with Crippen molar-refractivity contribution < 1.29 is 0 Å². The van der Waals surface area contributed by atoms with Gasteiger partial charge in [-0.25, -0.2) is 0 Å². The van der Waals surface area contributed by atoms with E-state index in [1.54, 1.807) is 6.20 Å². The predicted octanol–water partition coefficient (Wildman–Crippen LogP) is 3.30. The van der Waals surface area contributed by atoms with Gasteiger partial charge in [0.05, 0.1) is 6.04 Å². The molecule has 0 saturated carbocycles. The lowest BCUT2D eigenvalue weighted by atomic mass is 9.99. The van der Waals surface area contributed by atoms with Gasteiger partial charge in [0.25, 0.3) is 0 Å². The van der Waals surface area contributed by atoms with Crippen LogP contribution >= 0.6 is 0 Å². The van der Waals surface area contributed by atoms with E-state index < -0.39 is 0 Å². The molecule has 0 saturated heterocycles. The number of hydrogen-bond acceptors (Lipinski definition) is 3. The van der Waals surface area contributed by atoms with Gasteiger partial charge in [0.1, 0.15) is 0 Å². The zero-order valence-electron chi connectivity index (χ0n) is 12.5. The molecule has 2 atom stereocenters. The van der Waals surface area contributed by atoms with Crippen molar-refractivity contribution in [3.8, 4) is 0 Å². The van der Waals surface area contributed by atoms with Gasteiger partial charge < -0.3 is 10.6 Å². The van der Waals surface area contributed by atoms with Crippen LogP contribution in [0.1, 0.15) is 31.0 Å². The fourth-order valence-corrected chi connectivity index (χ4v) is 2.66. The minimum Gasteiger partial charge on any atom is -0.363 e. The van der Waals surface area contributed by atoms with Crippen molar-refractivity contribution in [2.45, 2.75) is 32.9 Å². The number of aryl methyl sites for hydroxylation is 1. The number of benzene rings is 1. The highest BCUT2D eigenvalue weighted by atomic mass is 15.2. The second kappa shape index (κ2) is 6.53. The lowest BCUT2D eigenvalue weighted by Crippen LogP contribution is -2.39. The first-order valence-corrected chi connectivity index (χ1v) is 7.12. The number of nitrogens with zero attached hydrogens (tertiary/aromatic N) is 2. The summed E-state index contributed by atoms with van der Waals surface area (Å²) in [6, 6.07) is 12.8. The molecule has 3 heteroatoms. The monoisotopic (exact) mass is 269 g/mol. The number of pyridine rings is 1. The molecule has 1 aromatic carbocycles. The van der Waals surface area contributed by atoms with E-state index in [1.807, 2.05) is 12.3 Å². The van der Waals surface area contributed by atoms with Crippen molar-refractivity contribution >= 4 is 5.69 Å². The SMILES string of the molecule is CCN(c1cccc(C)c1)C(c1cccnc1)C(C)N. The largest absolute Gasteiger partial charge is 0.363 e. The summed E-state index contributed by atoms with van der Waals surface area (Å²) in [5.74, 6) is 0. The Morgan fingerprint density at radius 2 is 2.05 bits per heavy atom. The molecule has 0 spiro atoms. The molecule has 2 unspecified atom stereocenters. The van der Waals surface area contributed by atoms with E-state index in [0.29, 0.717) is 0 Å². The first kappa shape index (κ1) is 14.5. The van der Waals surface area contributed by atoms with E-state index in [9.17, 15) is 0 Å². The Kier molecular flexibility index (Phi) is 4.74. The summed E-state index contributed by atoms with van der Waals surface area (Å²) in [6.45, 7) is 7.23. The van der Waals surface area contributed by atoms with Gasteiger partial charge in [0.15, 0.2) is 0 Å². The van der Waals surface area contributed by atoms with Crippen LogP contribution in [-0.2, 0) is 0 Å². The number of nitrogens with two attached hydrogens (primary N) is 1. The van der Waals surface area contributed by atoms with Gasteiger partial charge in [0, 0.05) is 30.7 Å². The molecule has 0 amide bonds. The van der Waals surface area contributed by atoms with Crippen molar-refractivity contribution in [2.24, 2.45) is 5.73 Å². The van der Waals surface area contributed by atoms with E-state index >= 15 is 0 Å². The molecule has 0 radical (unpaired) electrons. The smallest absolute Gasteiger partial charge is 0.0705 e. The quantitative estimate of drug-likeness (QED) is 0.905. The van der Waals surface area contributed by atoms with Crippen LogP contribution in [0.5, 0.6) is 0 Å². The molecule has 0 aliphatic carbocycles. The summed E-state index contributed by atoms with van der Waals surface area (Å²) in [4.78, 5) is 6.58. The predicted molar refractivity (Wildman–Crippen MR) is 84.8 cm³/mol. The van der Waals surface area contributed by atoms with Crippen LogP contribution in [0.25, 0.3) is 0 Å². The second-order valence-corrected chi connectivity index (χ2v) is 5.22. The summed E-state index contributed by atoms with van der Waals surface area (Å²) < 4.78 is 0. The van der Waals surface area contributed by atoms with Gasteiger partial charge in [0.2, 0.25) is 0 Å². The number of anilines is 1. The van der Waals surface area contributed by atoms with Crippen LogP contribution in [0.2, 0.25) is 0 Å². The number of rotatable bonds is 5. The minimum atomic E-state index is 0.0275. The fraction of sp³-hybridized carbons (Fsp3) is 0.353. The molecule has 1 heterocycles. The minimum absolute atomic E-state index is 0.0275. The molecule has 3 nitrogen and oxygen atoms in total. The molecule has 0 fully saturated rings. The number of aromatic nitrogens is 1. The maximum absolute atomic E-state index is 6.25. The third-order valence-electron chi connectivity index (χ3n) is 3.53. The Bertz CT molecular complexity index is 537. The van der Waals surface area contributed by atoms with E-state index in [-0.39, 0.29) is 12.1 Å². The van der Waals surface area contributed by atoms with E-state index in [0.717, 1.165) is 12.1 Å². The van der Waals surface area contributed by atoms with Crippen molar-refractivity contribution in [2.75, 3.05) is 11.4 Å². The summed E-state index contributed by atoms with van der Waals surface area (Å²) in [7, 11) is 0. The Morgan fingerprint density at radius 1 is 1.25 bits per heavy atom. The van der Waals surface area contributed by atoms with Crippen LogP contribution in [0.15, 0.2) is 48.8 Å². The Labute approximate surface area is 121 Å². The molecular weight excluding hydrogens is 246 g/mol.